The molecule has 0 amide bonds. The topological polar surface area (TPSA) is 49.4 Å². The normalized spacial score (nSPS) is 37.6. The Hall–Kier alpha value is -0.130. The summed E-state index contributed by atoms with van der Waals surface area (Å²) in [5.41, 5.74) is 0. The van der Waals surface area contributed by atoms with E-state index in [2.05, 4.69) is 10.2 Å². The Bertz CT molecular complexity index is 378. The van der Waals surface area contributed by atoms with Crippen molar-refractivity contribution in [1.82, 2.24) is 10.2 Å². The molecule has 2 heterocycles. The first-order valence-electron chi connectivity index (χ1n) is 6.84. The number of sulfone groups is 1. The van der Waals surface area contributed by atoms with E-state index in [4.69, 9.17) is 0 Å². The summed E-state index contributed by atoms with van der Waals surface area (Å²) in [4.78, 5) is 2.56. The molecule has 1 aliphatic carbocycles. The molecular weight excluding hydrogens is 236 g/mol. The highest BCUT2D eigenvalue weighted by Crippen LogP contribution is 2.30. The second kappa shape index (κ2) is 4.52. The van der Waals surface area contributed by atoms with Gasteiger partial charge in [0, 0.05) is 31.7 Å². The van der Waals surface area contributed by atoms with E-state index in [1.807, 2.05) is 0 Å². The number of nitrogens with zero attached hydrogens (tertiary/aromatic N) is 1. The van der Waals surface area contributed by atoms with Gasteiger partial charge in [0.1, 0.15) is 0 Å². The van der Waals surface area contributed by atoms with Crippen LogP contribution in [-0.2, 0) is 9.84 Å². The standard InChI is InChI=1S/C12H22N2O2S/c15-17(16)7-1-2-12(17)8-13-10-5-6-14(9-10)11-3-4-11/h10-13H,1-9H2. The lowest BCUT2D eigenvalue weighted by Crippen LogP contribution is -2.39. The van der Waals surface area contributed by atoms with Crippen LogP contribution >= 0.6 is 0 Å². The molecule has 5 heteroatoms. The maximum absolute atomic E-state index is 11.7. The molecule has 98 valence electrons. The van der Waals surface area contributed by atoms with Crippen LogP contribution in [0, 0.1) is 0 Å². The number of nitrogens with one attached hydrogen (secondary N) is 1. The van der Waals surface area contributed by atoms with Gasteiger partial charge in [-0.3, -0.25) is 4.90 Å². The maximum Gasteiger partial charge on any atom is 0.154 e. The number of rotatable bonds is 4. The van der Waals surface area contributed by atoms with Crippen LogP contribution in [0.5, 0.6) is 0 Å². The molecule has 0 bridgehead atoms. The van der Waals surface area contributed by atoms with Crippen LogP contribution in [0.1, 0.15) is 32.1 Å². The first-order valence-corrected chi connectivity index (χ1v) is 8.56. The molecule has 2 saturated heterocycles. The zero-order chi connectivity index (χ0) is 11.9. The summed E-state index contributed by atoms with van der Waals surface area (Å²) < 4.78 is 23.4. The van der Waals surface area contributed by atoms with Crippen molar-refractivity contribution in [3.8, 4) is 0 Å². The van der Waals surface area contributed by atoms with Crippen molar-refractivity contribution in [2.45, 2.75) is 49.4 Å². The Morgan fingerprint density at radius 1 is 1.18 bits per heavy atom. The minimum atomic E-state index is -2.77. The van der Waals surface area contributed by atoms with Crippen LogP contribution in [0.3, 0.4) is 0 Å². The Morgan fingerprint density at radius 3 is 2.65 bits per heavy atom. The highest BCUT2D eigenvalue weighted by atomic mass is 32.2. The van der Waals surface area contributed by atoms with Gasteiger partial charge < -0.3 is 5.32 Å². The van der Waals surface area contributed by atoms with E-state index in [-0.39, 0.29) is 5.25 Å². The molecule has 3 fully saturated rings. The Labute approximate surface area is 104 Å². The maximum atomic E-state index is 11.7. The van der Waals surface area contributed by atoms with Crippen LogP contribution in [0.2, 0.25) is 0 Å². The highest BCUT2D eigenvalue weighted by Gasteiger charge is 2.36. The molecule has 0 aromatic carbocycles. The van der Waals surface area contributed by atoms with Crippen molar-refractivity contribution in [2.24, 2.45) is 0 Å². The van der Waals surface area contributed by atoms with Crippen LogP contribution in [0.25, 0.3) is 0 Å². The van der Waals surface area contributed by atoms with Crippen LogP contribution in [-0.4, -0.2) is 56.0 Å². The van der Waals surface area contributed by atoms with Crippen LogP contribution in [0.15, 0.2) is 0 Å². The van der Waals surface area contributed by atoms with E-state index >= 15 is 0 Å². The molecule has 3 rings (SSSR count). The second-order valence-corrected chi connectivity index (χ2v) is 8.15. The van der Waals surface area contributed by atoms with Gasteiger partial charge in [-0.25, -0.2) is 8.42 Å². The van der Waals surface area contributed by atoms with E-state index in [1.54, 1.807) is 0 Å². The molecule has 1 saturated carbocycles. The number of hydrogen-bond donors (Lipinski definition) is 1. The average molecular weight is 258 g/mol. The average Bonchev–Trinajstić information content (AvgIpc) is 2.93. The molecule has 0 aromatic heterocycles. The van der Waals surface area contributed by atoms with Crippen molar-refractivity contribution < 1.29 is 8.42 Å². The molecular formula is C12H22N2O2S. The molecule has 0 aromatic rings. The summed E-state index contributed by atoms with van der Waals surface area (Å²) in [5.74, 6) is 0.401. The smallest absolute Gasteiger partial charge is 0.154 e. The van der Waals surface area contributed by atoms with Gasteiger partial charge in [0.05, 0.1) is 11.0 Å². The fraction of sp³-hybridized carbons (Fsp3) is 1.00. The third-order valence-electron chi connectivity index (χ3n) is 4.38. The van der Waals surface area contributed by atoms with Crippen molar-refractivity contribution in [2.75, 3.05) is 25.4 Å². The van der Waals surface area contributed by atoms with Crippen LogP contribution < -0.4 is 5.32 Å². The molecule has 2 unspecified atom stereocenters. The van der Waals surface area contributed by atoms with Gasteiger partial charge in [0.15, 0.2) is 9.84 Å². The monoisotopic (exact) mass is 258 g/mol. The summed E-state index contributed by atoms with van der Waals surface area (Å²) in [6.45, 7) is 2.99. The Balaban J connectivity index is 1.45. The summed E-state index contributed by atoms with van der Waals surface area (Å²) in [6, 6.07) is 1.36. The lowest BCUT2D eigenvalue weighted by atomic mass is 10.2. The SMILES string of the molecule is O=S1(=O)CCCC1CNC1CCN(C2CC2)C1. The molecule has 0 spiro atoms. The molecule has 2 atom stereocenters. The minimum absolute atomic E-state index is 0.113. The Kier molecular flexibility index (Phi) is 3.17. The van der Waals surface area contributed by atoms with Gasteiger partial charge in [0.2, 0.25) is 0 Å². The van der Waals surface area contributed by atoms with Crippen molar-refractivity contribution in [1.29, 1.82) is 0 Å². The lowest BCUT2D eigenvalue weighted by Gasteiger charge is -2.17. The third kappa shape index (κ3) is 2.66. The van der Waals surface area contributed by atoms with Gasteiger partial charge in [-0.05, 0) is 32.1 Å². The Morgan fingerprint density at radius 2 is 2.00 bits per heavy atom. The van der Waals surface area contributed by atoms with Crippen molar-refractivity contribution in [3.05, 3.63) is 0 Å². The molecule has 3 aliphatic rings. The minimum Gasteiger partial charge on any atom is -0.311 e. The third-order valence-corrected chi connectivity index (χ3v) is 6.66. The van der Waals surface area contributed by atoms with Crippen LogP contribution in [0.4, 0.5) is 0 Å². The van der Waals surface area contributed by atoms with Gasteiger partial charge in [-0.15, -0.1) is 0 Å². The van der Waals surface area contributed by atoms with E-state index in [0.29, 0.717) is 18.3 Å². The first kappa shape index (κ1) is 11.9. The van der Waals surface area contributed by atoms with Crippen molar-refractivity contribution >= 4 is 9.84 Å². The summed E-state index contributed by atoms with van der Waals surface area (Å²) >= 11 is 0. The van der Waals surface area contributed by atoms with Gasteiger partial charge in [-0.2, -0.15) is 0 Å². The fourth-order valence-electron chi connectivity index (χ4n) is 3.11. The van der Waals surface area contributed by atoms with E-state index < -0.39 is 9.84 Å². The quantitative estimate of drug-likeness (QED) is 0.792. The highest BCUT2D eigenvalue weighted by molar-refractivity contribution is 7.92. The summed E-state index contributed by atoms with van der Waals surface area (Å²) in [7, 11) is -2.77. The van der Waals surface area contributed by atoms with E-state index in [9.17, 15) is 8.42 Å². The van der Waals surface area contributed by atoms with Crippen molar-refractivity contribution in [3.63, 3.8) is 0 Å². The predicted molar refractivity (Wildman–Crippen MR) is 67.8 cm³/mol. The number of likely N-dealkylation sites (tertiary alicyclic amines) is 1. The largest absolute Gasteiger partial charge is 0.311 e. The molecule has 17 heavy (non-hydrogen) atoms. The first-order chi connectivity index (χ1) is 8.15. The van der Waals surface area contributed by atoms with Gasteiger partial charge in [0.25, 0.3) is 0 Å². The summed E-state index contributed by atoms with van der Waals surface area (Å²) in [6.07, 6.45) is 5.62. The molecule has 4 nitrogen and oxygen atoms in total. The zero-order valence-electron chi connectivity index (χ0n) is 10.3. The zero-order valence-corrected chi connectivity index (χ0v) is 11.1. The molecule has 2 aliphatic heterocycles. The van der Waals surface area contributed by atoms with E-state index in [1.165, 1.54) is 25.8 Å². The second-order valence-electron chi connectivity index (χ2n) is 5.75. The molecule has 0 radical (unpaired) electrons. The van der Waals surface area contributed by atoms with Gasteiger partial charge in [-0.1, -0.05) is 0 Å². The number of hydrogen-bond acceptors (Lipinski definition) is 4. The lowest BCUT2D eigenvalue weighted by molar-refractivity contribution is 0.317. The predicted octanol–water partition coefficient (Wildman–Crippen LogP) is 0.390. The molecule has 1 N–H and O–H groups in total. The van der Waals surface area contributed by atoms with E-state index in [0.717, 1.165) is 25.4 Å². The van der Waals surface area contributed by atoms with Gasteiger partial charge >= 0.3 is 0 Å². The summed E-state index contributed by atoms with van der Waals surface area (Å²) in [5, 5.41) is 3.36. The fourth-order valence-corrected chi connectivity index (χ4v) is 4.89.